The first kappa shape index (κ1) is 46.8. The van der Waals surface area contributed by atoms with Crippen LogP contribution in [0.1, 0.15) is 201 Å². The normalized spacial score (nSPS) is 13.7. The van der Waals surface area contributed by atoms with Crippen molar-refractivity contribution in [1.82, 2.24) is 0 Å². The summed E-state index contributed by atoms with van der Waals surface area (Å²) in [6, 6.07) is 0. The average Bonchev–Trinajstić information content (AvgIpc) is 3.05. The van der Waals surface area contributed by atoms with Gasteiger partial charge in [0.1, 0.15) is 6.10 Å². The Hall–Kier alpha value is -0.160. The van der Waals surface area contributed by atoms with Gasteiger partial charge in [0.15, 0.2) is 0 Å². The van der Waals surface area contributed by atoms with Crippen molar-refractivity contribution in [1.29, 1.82) is 0 Å². The molecule has 0 aliphatic heterocycles. The van der Waals surface area contributed by atoms with Gasteiger partial charge in [0, 0.05) is 6.61 Å². The van der Waals surface area contributed by atoms with Crippen LogP contribution in [-0.2, 0) is 9.47 Å². The molecule has 0 rings (SSSR count). The topological polar surface area (TPSA) is 18.5 Å². The summed E-state index contributed by atoms with van der Waals surface area (Å²) >= 11 is 3.66. The van der Waals surface area contributed by atoms with Crippen molar-refractivity contribution in [2.24, 2.45) is 0 Å². The van der Waals surface area contributed by atoms with Crippen LogP contribution in [0.25, 0.3) is 0 Å². The standard InChI is InChI=1S/C43H85BrNO2/c1-6-8-10-12-14-16-18-20-22-24-26-28-30-32-34-36-40-46-42(3)43(45(4,5)39-38-44)47-41-37-35-33-31-29-27-25-23-21-19-17-15-13-11-9-7-2/h20-23,42-43H,6-19,24-41H2,1-5H3/q+1/b22-20+,23-21+. The first-order valence-electron chi connectivity index (χ1n) is 20.9. The van der Waals surface area contributed by atoms with Gasteiger partial charge in [-0.05, 0) is 71.1 Å². The minimum absolute atomic E-state index is 0.0878. The van der Waals surface area contributed by atoms with Gasteiger partial charge < -0.3 is 14.0 Å². The number of halogens is 1. The maximum atomic E-state index is 6.54. The molecule has 0 fully saturated rings. The predicted octanol–water partition coefficient (Wildman–Crippen LogP) is 14.3. The minimum atomic E-state index is 0.0878. The molecule has 0 amide bonds. The molecule has 0 bridgehead atoms. The molecule has 0 aromatic heterocycles. The monoisotopic (exact) mass is 727 g/mol. The van der Waals surface area contributed by atoms with Crippen LogP contribution in [0.2, 0.25) is 0 Å². The van der Waals surface area contributed by atoms with E-state index in [9.17, 15) is 0 Å². The second kappa shape index (κ2) is 37.1. The maximum Gasteiger partial charge on any atom is 0.219 e. The van der Waals surface area contributed by atoms with Crippen molar-refractivity contribution < 1.29 is 14.0 Å². The average molecular weight is 728 g/mol. The number of quaternary nitrogens is 1. The van der Waals surface area contributed by atoms with Gasteiger partial charge >= 0.3 is 0 Å². The lowest BCUT2D eigenvalue weighted by Gasteiger charge is -2.40. The summed E-state index contributed by atoms with van der Waals surface area (Å²) in [7, 11) is 4.58. The Morgan fingerprint density at radius 2 is 0.787 bits per heavy atom. The van der Waals surface area contributed by atoms with Gasteiger partial charge in [-0.2, -0.15) is 0 Å². The third kappa shape index (κ3) is 32.8. The Morgan fingerprint density at radius 3 is 1.15 bits per heavy atom. The molecule has 0 heterocycles. The summed E-state index contributed by atoms with van der Waals surface area (Å²) in [5.41, 5.74) is 0. The SMILES string of the molecule is CCCCCCCC/C=C/CCCCCCCCOC(C)C(OCCCCCCCC/C=C/CCCCCCCC)[N+](C)(C)CCBr. The highest BCUT2D eigenvalue weighted by atomic mass is 79.9. The number of alkyl halides is 1. The van der Waals surface area contributed by atoms with Crippen molar-refractivity contribution in [2.75, 3.05) is 39.2 Å². The Morgan fingerprint density at radius 1 is 0.468 bits per heavy atom. The van der Waals surface area contributed by atoms with Crippen LogP contribution >= 0.6 is 15.9 Å². The summed E-state index contributed by atoms with van der Waals surface area (Å²) in [6.45, 7) is 9.54. The van der Waals surface area contributed by atoms with Crippen molar-refractivity contribution in [2.45, 2.75) is 213 Å². The van der Waals surface area contributed by atoms with E-state index in [4.69, 9.17) is 9.47 Å². The lowest BCUT2D eigenvalue weighted by Crippen LogP contribution is -2.56. The van der Waals surface area contributed by atoms with E-state index in [1.165, 1.54) is 167 Å². The second-order valence-corrected chi connectivity index (χ2v) is 15.7. The third-order valence-corrected chi connectivity index (χ3v) is 10.1. The van der Waals surface area contributed by atoms with Gasteiger partial charge in [0.25, 0.3) is 0 Å². The zero-order valence-electron chi connectivity index (χ0n) is 32.7. The molecule has 0 saturated heterocycles. The molecular weight excluding hydrogens is 642 g/mol. The van der Waals surface area contributed by atoms with Crippen molar-refractivity contribution in [3.8, 4) is 0 Å². The lowest BCUT2D eigenvalue weighted by molar-refractivity contribution is -0.939. The van der Waals surface area contributed by atoms with Crippen LogP contribution in [0, 0.1) is 0 Å². The Kier molecular flexibility index (Phi) is 37.0. The predicted molar refractivity (Wildman–Crippen MR) is 215 cm³/mol. The molecule has 0 radical (unpaired) electrons. The van der Waals surface area contributed by atoms with Crippen LogP contribution in [-0.4, -0.2) is 56.0 Å². The summed E-state index contributed by atoms with van der Waals surface area (Å²) in [5.74, 6) is 0. The van der Waals surface area contributed by atoms with Crippen molar-refractivity contribution in [3.63, 3.8) is 0 Å². The fraction of sp³-hybridized carbons (Fsp3) is 0.907. The number of hydrogen-bond donors (Lipinski definition) is 0. The summed E-state index contributed by atoms with van der Waals surface area (Å²) < 4.78 is 13.7. The van der Waals surface area contributed by atoms with E-state index in [0.29, 0.717) is 0 Å². The van der Waals surface area contributed by atoms with E-state index in [-0.39, 0.29) is 12.3 Å². The molecule has 2 unspecified atom stereocenters. The van der Waals surface area contributed by atoms with Crippen LogP contribution in [0.4, 0.5) is 0 Å². The molecule has 0 aliphatic carbocycles. The molecule has 47 heavy (non-hydrogen) atoms. The van der Waals surface area contributed by atoms with Crippen LogP contribution in [0.3, 0.4) is 0 Å². The molecule has 280 valence electrons. The molecule has 4 heteroatoms. The van der Waals surface area contributed by atoms with E-state index in [2.05, 4.69) is 75.1 Å². The number of nitrogens with zero attached hydrogens (tertiary/aromatic N) is 1. The number of unbranched alkanes of at least 4 members (excludes halogenated alkanes) is 24. The zero-order valence-corrected chi connectivity index (χ0v) is 34.3. The molecule has 3 nitrogen and oxygen atoms in total. The van der Waals surface area contributed by atoms with Gasteiger partial charge in [-0.1, -0.05) is 170 Å². The number of ether oxygens (including phenoxy) is 2. The van der Waals surface area contributed by atoms with E-state index >= 15 is 0 Å². The largest absolute Gasteiger partial charge is 0.369 e. The van der Waals surface area contributed by atoms with E-state index < -0.39 is 0 Å². The van der Waals surface area contributed by atoms with Crippen LogP contribution in [0.5, 0.6) is 0 Å². The van der Waals surface area contributed by atoms with Crippen molar-refractivity contribution in [3.05, 3.63) is 24.3 Å². The Bertz CT molecular complexity index is 664. The van der Waals surface area contributed by atoms with E-state index in [0.717, 1.165) is 42.4 Å². The molecular formula is C43H85BrNO2+. The van der Waals surface area contributed by atoms with Gasteiger partial charge in [0.2, 0.25) is 6.23 Å². The fourth-order valence-corrected chi connectivity index (χ4v) is 7.42. The molecule has 0 saturated carbocycles. The minimum Gasteiger partial charge on any atom is -0.369 e. The first-order valence-corrected chi connectivity index (χ1v) is 22.0. The first-order chi connectivity index (χ1) is 23.0. The summed E-state index contributed by atoms with van der Waals surface area (Å²) in [4.78, 5) is 0. The highest BCUT2D eigenvalue weighted by Crippen LogP contribution is 2.18. The molecule has 0 aromatic rings. The van der Waals surface area contributed by atoms with Gasteiger partial charge in [-0.25, -0.2) is 0 Å². The number of likely N-dealkylation sites (N-methyl/N-ethyl adjacent to an activating group) is 1. The van der Waals surface area contributed by atoms with Crippen LogP contribution < -0.4 is 0 Å². The smallest absolute Gasteiger partial charge is 0.219 e. The molecule has 2 atom stereocenters. The Balaban J connectivity index is 3.88. The second-order valence-electron chi connectivity index (χ2n) is 14.9. The van der Waals surface area contributed by atoms with Crippen molar-refractivity contribution >= 4 is 15.9 Å². The maximum absolute atomic E-state index is 6.54. The molecule has 0 aliphatic rings. The quantitative estimate of drug-likeness (QED) is 0.0207. The van der Waals surface area contributed by atoms with E-state index in [1.54, 1.807) is 0 Å². The summed E-state index contributed by atoms with van der Waals surface area (Å²) in [6.07, 6.45) is 47.4. The van der Waals surface area contributed by atoms with Gasteiger partial charge in [-0.3, -0.25) is 0 Å². The number of allylic oxidation sites excluding steroid dienone is 4. The van der Waals surface area contributed by atoms with Crippen LogP contribution in [0.15, 0.2) is 24.3 Å². The number of hydrogen-bond acceptors (Lipinski definition) is 2. The lowest BCUT2D eigenvalue weighted by atomic mass is 10.1. The molecule has 0 aromatic carbocycles. The highest BCUT2D eigenvalue weighted by molar-refractivity contribution is 9.09. The molecule has 0 N–H and O–H groups in total. The Labute approximate surface area is 305 Å². The molecule has 0 spiro atoms. The van der Waals surface area contributed by atoms with Gasteiger partial charge in [-0.15, -0.1) is 0 Å². The number of rotatable bonds is 38. The fourth-order valence-electron chi connectivity index (χ4n) is 6.51. The van der Waals surface area contributed by atoms with E-state index in [1.807, 2.05) is 0 Å². The van der Waals surface area contributed by atoms with Gasteiger partial charge in [0.05, 0.1) is 32.6 Å². The summed E-state index contributed by atoms with van der Waals surface area (Å²) in [5, 5.41) is 0.982. The third-order valence-electron chi connectivity index (χ3n) is 9.73. The highest BCUT2D eigenvalue weighted by Gasteiger charge is 2.34. The zero-order chi connectivity index (χ0) is 34.5.